The highest BCUT2D eigenvalue weighted by molar-refractivity contribution is 5.85. The van der Waals surface area contributed by atoms with Crippen LogP contribution in [0, 0.1) is 0 Å². The van der Waals surface area contributed by atoms with Crippen LogP contribution in [0.3, 0.4) is 0 Å². The molecular weight excluding hydrogens is 332 g/mol. The smallest absolute Gasteiger partial charge is 0.274 e. The lowest BCUT2D eigenvalue weighted by atomic mass is 10.4. The summed E-state index contributed by atoms with van der Waals surface area (Å²) in [5.41, 5.74) is 1.50. The molecule has 3 rings (SSSR count). The first-order chi connectivity index (χ1) is 12.6. The van der Waals surface area contributed by atoms with Crippen molar-refractivity contribution in [3.63, 3.8) is 0 Å². The lowest BCUT2D eigenvalue weighted by molar-refractivity contribution is 0.316. The molecule has 0 radical (unpaired) electrons. The third-order valence-corrected chi connectivity index (χ3v) is 4.57. The number of hydrogen-bond donors (Lipinski definition) is 3. The standard InChI is InChI=1S/C17H26N8O/c1-5-12-20-10-11-16(26)21-13-14(18-4)22-17(23-15(13)25(11)12)19-8-9-24(6-2)7-3/h10H,5-9H2,1-4H3,(H,21,26)(H2,18,19,22,23). The summed E-state index contributed by atoms with van der Waals surface area (Å²) in [6.07, 6.45) is 2.29. The van der Waals surface area contributed by atoms with E-state index in [4.69, 9.17) is 0 Å². The third kappa shape index (κ3) is 3.22. The molecule has 0 atom stereocenters. The highest BCUT2D eigenvalue weighted by atomic mass is 16.1. The van der Waals surface area contributed by atoms with Gasteiger partial charge in [-0.3, -0.25) is 9.20 Å². The van der Waals surface area contributed by atoms with Crippen molar-refractivity contribution >= 4 is 28.4 Å². The Balaban J connectivity index is 2.06. The molecule has 26 heavy (non-hydrogen) atoms. The Bertz CT molecular complexity index is 957. The maximum Gasteiger partial charge on any atom is 0.274 e. The van der Waals surface area contributed by atoms with Crippen molar-refractivity contribution in [3.8, 4) is 0 Å². The van der Waals surface area contributed by atoms with Gasteiger partial charge in [0.05, 0.1) is 6.20 Å². The second-order valence-corrected chi connectivity index (χ2v) is 6.00. The first-order valence-electron chi connectivity index (χ1n) is 9.07. The summed E-state index contributed by atoms with van der Waals surface area (Å²) >= 11 is 0. The largest absolute Gasteiger partial charge is 0.371 e. The number of nitrogens with one attached hydrogen (secondary N) is 3. The SMILES string of the molecule is CCc1ncc2c(=O)[nH]c3c(NC)nc(NCCN(CC)CC)nc3n12. The molecule has 0 aromatic carbocycles. The molecule has 0 aliphatic carbocycles. The fourth-order valence-electron chi connectivity index (χ4n) is 3.07. The number of fused-ring (bicyclic) bond motifs is 3. The predicted octanol–water partition coefficient (Wildman–Crippen LogP) is 1.32. The second kappa shape index (κ2) is 7.69. The van der Waals surface area contributed by atoms with E-state index in [1.807, 2.05) is 11.3 Å². The first kappa shape index (κ1) is 18.1. The average molecular weight is 358 g/mol. The Kier molecular flexibility index (Phi) is 5.36. The van der Waals surface area contributed by atoms with Crippen molar-refractivity contribution in [2.45, 2.75) is 27.2 Å². The zero-order chi connectivity index (χ0) is 18.7. The van der Waals surface area contributed by atoms with Gasteiger partial charge in [0.25, 0.3) is 5.56 Å². The molecule has 9 nitrogen and oxygen atoms in total. The van der Waals surface area contributed by atoms with Gasteiger partial charge in [0.2, 0.25) is 5.95 Å². The molecule has 0 aliphatic heterocycles. The van der Waals surface area contributed by atoms with Crippen LogP contribution in [0.25, 0.3) is 16.7 Å². The summed E-state index contributed by atoms with van der Waals surface area (Å²) in [5, 5.41) is 6.34. The van der Waals surface area contributed by atoms with Crippen molar-refractivity contribution in [2.75, 3.05) is 43.9 Å². The molecule has 0 bridgehead atoms. The van der Waals surface area contributed by atoms with E-state index in [0.717, 1.165) is 32.0 Å². The van der Waals surface area contributed by atoms with Gasteiger partial charge in [-0.15, -0.1) is 0 Å². The molecule has 0 fully saturated rings. The molecule has 3 aromatic rings. The number of H-pyrrole nitrogens is 1. The lowest BCUT2D eigenvalue weighted by Crippen LogP contribution is -2.29. The molecule has 0 spiro atoms. The molecule has 0 unspecified atom stereocenters. The zero-order valence-electron chi connectivity index (χ0n) is 15.8. The second-order valence-electron chi connectivity index (χ2n) is 6.00. The topological polar surface area (TPSA) is 103 Å². The highest BCUT2D eigenvalue weighted by Crippen LogP contribution is 2.20. The van der Waals surface area contributed by atoms with Gasteiger partial charge in [-0.1, -0.05) is 20.8 Å². The minimum absolute atomic E-state index is 0.202. The van der Waals surface area contributed by atoms with E-state index >= 15 is 0 Å². The highest BCUT2D eigenvalue weighted by Gasteiger charge is 2.15. The summed E-state index contributed by atoms with van der Waals surface area (Å²) in [5.74, 6) is 1.90. The van der Waals surface area contributed by atoms with E-state index in [1.165, 1.54) is 0 Å². The number of rotatable bonds is 8. The Morgan fingerprint density at radius 3 is 2.65 bits per heavy atom. The molecule has 3 heterocycles. The minimum Gasteiger partial charge on any atom is -0.371 e. The molecule has 3 N–H and O–H groups in total. The summed E-state index contributed by atoms with van der Waals surface area (Å²) in [6.45, 7) is 9.97. The maximum atomic E-state index is 12.4. The number of hydrogen-bond acceptors (Lipinski definition) is 7. The van der Waals surface area contributed by atoms with Crippen LogP contribution in [0.1, 0.15) is 26.6 Å². The van der Waals surface area contributed by atoms with Crippen LogP contribution in [0.2, 0.25) is 0 Å². The summed E-state index contributed by atoms with van der Waals surface area (Å²) in [6, 6.07) is 0. The number of aromatic amines is 1. The van der Waals surface area contributed by atoms with E-state index in [2.05, 4.69) is 49.3 Å². The Morgan fingerprint density at radius 2 is 2.00 bits per heavy atom. The fourth-order valence-corrected chi connectivity index (χ4v) is 3.07. The molecule has 0 saturated carbocycles. The maximum absolute atomic E-state index is 12.4. The molecular formula is C17H26N8O. The molecule has 0 aliphatic rings. The van der Waals surface area contributed by atoms with Crippen LogP contribution in [-0.2, 0) is 6.42 Å². The van der Waals surface area contributed by atoms with Crippen molar-refractivity contribution in [2.24, 2.45) is 0 Å². The normalized spacial score (nSPS) is 11.6. The number of anilines is 2. The molecule has 0 amide bonds. The molecule has 140 valence electrons. The molecule has 9 heteroatoms. The van der Waals surface area contributed by atoms with Gasteiger partial charge >= 0.3 is 0 Å². The van der Waals surface area contributed by atoms with Gasteiger partial charge in [-0.05, 0) is 13.1 Å². The molecule has 3 aromatic heterocycles. The minimum atomic E-state index is -0.202. The van der Waals surface area contributed by atoms with E-state index < -0.39 is 0 Å². The number of likely N-dealkylation sites (N-methyl/N-ethyl adjacent to an activating group) is 1. The summed E-state index contributed by atoms with van der Waals surface area (Å²) < 4.78 is 1.81. The number of aryl methyl sites for hydroxylation is 1. The van der Waals surface area contributed by atoms with Crippen LogP contribution < -0.4 is 16.2 Å². The van der Waals surface area contributed by atoms with E-state index in [1.54, 1.807) is 13.2 Å². The number of aromatic nitrogens is 5. The summed E-state index contributed by atoms with van der Waals surface area (Å²) in [7, 11) is 1.78. The van der Waals surface area contributed by atoms with Crippen LogP contribution in [0.5, 0.6) is 0 Å². The van der Waals surface area contributed by atoms with E-state index in [0.29, 0.717) is 34.9 Å². The van der Waals surface area contributed by atoms with Gasteiger partial charge in [-0.2, -0.15) is 9.97 Å². The van der Waals surface area contributed by atoms with Gasteiger partial charge in [0.1, 0.15) is 16.9 Å². The van der Waals surface area contributed by atoms with Gasteiger partial charge in [0, 0.05) is 26.6 Å². The Hall–Kier alpha value is -2.68. The van der Waals surface area contributed by atoms with Crippen LogP contribution in [0.15, 0.2) is 11.0 Å². The van der Waals surface area contributed by atoms with E-state index in [-0.39, 0.29) is 5.56 Å². The summed E-state index contributed by atoms with van der Waals surface area (Å²) in [4.78, 5) is 31.1. The van der Waals surface area contributed by atoms with Crippen molar-refractivity contribution < 1.29 is 0 Å². The van der Waals surface area contributed by atoms with Crippen molar-refractivity contribution in [1.29, 1.82) is 0 Å². The quantitative estimate of drug-likeness (QED) is 0.558. The third-order valence-electron chi connectivity index (χ3n) is 4.57. The van der Waals surface area contributed by atoms with Crippen molar-refractivity contribution in [1.82, 2.24) is 29.2 Å². The van der Waals surface area contributed by atoms with Crippen LogP contribution >= 0.6 is 0 Å². The monoisotopic (exact) mass is 358 g/mol. The Morgan fingerprint density at radius 1 is 1.23 bits per heavy atom. The average Bonchev–Trinajstić information content (AvgIpc) is 3.10. The van der Waals surface area contributed by atoms with Gasteiger partial charge < -0.3 is 20.5 Å². The zero-order valence-corrected chi connectivity index (χ0v) is 15.8. The van der Waals surface area contributed by atoms with Gasteiger partial charge in [0.15, 0.2) is 11.5 Å². The number of imidazole rings is 1. The first-order valence-corrected chi connectivity index (χ1v) is 9.07. The van der Waals surface area contributed by atoms with Gasteiger partial charge in [-0.25, -0.2) is 4.98 Å². The van der Waals surface area contributed by atoms with E-state index in [9.17, 15) is 4.79 Å². The lowest BCUT2D eigenvalue weighted by Gasteiger charge is -2.18. The van der Waals surface area contributed by atoms with Crippen molar-refractivity contribution in [3.05, 3.63) is 22.4 Å². The fraction of sp³-hybridized carbons (Fsp3) is 0.529. The van der Waals surface area contributed by atoms with Crippen LogP contribution in [-0.4, -0.2) is 62.5 Å². The van der Waals surface area contributed by atoms with Crippen LogP contribution in [0.4, 0.5) is 11.8 Å². The Labute approximate surface area is 151 Å². The predicted molar refractivity (Wildman–Crippen MR) is 104 cm³/mol. The molecule has 0 saturated heterocycles. The number of nitrogens with zero attached hydrogens (tertiary/aromatic N) is 5.